The van der Waals surface area contributed by atoms with Gasteiger partial charge < -0.3 is 9.52 Å². The monoisotopic (exact) mass is 538 g/mol. The molecule has 0 aliphatic heterocycles. The molecule has 10 nitrogen and oxygen atoms in total. The summed E-state index contributed by atoms with van der Waals surface area (Å²) in [4.78, 5) is 36.1. The second kappa shape index (κ2) is 10.1. The third kappa shape index (κ3) is 5.06. The third-order valence-electron chi connectivity index (χ3n) is 7.05. The standard InChI is InChI=1S/C27H26N2O8S/c30-21-7-2-1-3-8-22-24(21)26(31)25(27(32)37-22)23(16-9-10-16)17-5-4-6-18(15-17)28-38(35,36)20-13-11-19(12-14-20)29(33)34/h4-6,11-16,23,28,31H,1-3,7-10H2. The highest BCUT2D eigenvalue weighted by Gasteiger charge is 2.39. The molecule has 0 bridgehead atoms. The van der Waals surface area contributed by atoms with Gasteiger partial charge in [0.25, 0.3) is 15.7 Å². The molecule has 0 saturated heterocycles. The lowest BCUT2D eigenvalue weighted by Gasteiger charge is -2.21. The van der Waals surface area contributed by atoms with Crippen LogP contribution < -0.4 is 10.3 Å². The minimum atomic E-state index is -4.06. The van der Waals surface area contributed by atoms with Gasteiger partial charge in [0.1, 0.15) is 11.5 Å². The summed E-state index contributed by atoms with van der Waals surface area (Å²) in [5, 5.41) is 22.1. The van der Waals surface area contributed by atoms with E-state index in [2.05, 4.69) is 4.72 Å². The Balaban J connectivity index is 1.51. The Hall–Kier alpha value is -3.99. The van der Waals surface area contributed by atoms with Gasteiger partial charge in [-0.3, -0.25) is 19.6 Å². The second-order valence-electron chi connectivity index (χ2n) is 9.73. The molecule has 2 aliphatic carbocycles. The summed E-state index contributed by atoms with van der Waals surface area (Å²) in [7, 11) is -4.06. The van der Waals surface area contributed by atoms with Gasteiger partial charge in [-0.1, -0.05) is 18.6 Å². The maximum absolute atomic E-state index is 13.1. The van der Waals surface area contributed by atoms with E-state index in [-0.39, 0.29) is 57.0 Å². The molecule has 11 heteroatoms. The minimum Gasteiger partial charge on any atom is -0.506 e. The van der Waals surface area contributed by atoms with Crippen LogP contribution in [0.5, 0.6) is 5.75 Å². The number of rotatable bonds is 7. The summed E-state index contributed by atoms with van der Waals surface area (Å²) in [6.07, 6.45) is 4.56. The van der Waals surface area contributed by atoms with Crippen molar-refractivity contribution < 1.29 is 27.7 Å². The molecule has 2 aromatic carbocycles. The van der Waals surface area contributed by atoms with E-state index in [1.807, 2.05) is 0 Å². The Morgan fingerprint density at radius 3 is 2.42 bits per heavy atom. The largest absolute Gasteiger partial charge is 0.506 e. The fraction of sp³-hybridized carbons (Fsp3) is 0.333. The number of anilines is 1. The topological polar surface area (TPSA) is 157 Å². The van der Waals surface area contributed by atoms with Gasteiger partial charge in [0, 0.05) is 36.6 Å². The lowest BCUT2D eigenvalue weighted by Crippen LogP contribution is -2.21. The SMILES string of the molecule is O=C1CCCCCc2oc(=O)c(C(c3cccc(NS(=O)(=O)c4ccc([N+](=O)[O-])cc4)c3)C3CC3)c(O)c21. The number of nitro groups is 1. The first-order valence-electron chi connectivity index (χ1n) is 12.4. The van der Waals surface area contributed by atoms with Crippen molar-refractivity contribution in [2.45, 2.75) is 55.8 Å². The van der Waals surface area contributed by atoms with Crippen LogP contribution in [0.1, 0.15) is 71.7 Å². The van der Waals surface area contributed by atoms with Crippen molar-refractivity contribution in [2.75, 3.05) is 4.72 Å². The van der Waals surface area contributed by atoms with E-state index in [9.17, 15) is 33.2 Å². The fourth-order valence-electron chi connectivity index (χ4n) is 5.05. The van der Waals surface area contributed by atoms with Crippen LogP contribution in [0.4, 0.5) is 11.4 Å². The van der Waals surface area contributed by atoms with Crippen molar-refractivity contribution in [1.29, 1.82) is 0 Å². The number of fused-ring (bicyclic) bond motifs is 1. The maximum atomic E-state index is 13.1. The quantitative estimate of drug-likeness (QED) is 0.318. The predicted molar refractivity (Wildman–Crippen MR) is 138 cm³/mol. The van der Waals surface area contributed by atoms with Gasteiger partial charge in [0.2, 0.25) is 0 Å². The molecule has 1 heterocycles. The molecule has 0 radical (unpaired) electrons. The van der Waals surface area contributed by atoms with Crippen LogP contribution in [0.3, 0.4) is 0 Å². The number of Topliss-reactive ketones (excluding diaryl/α,β-unsaturated/α-hetero) is 1. The average molecular weight is 539 g/mol. The smallest absolute Gasteiger partial charge is 0.343 e. The van der Waals surface area contributed by atoms with E-state index in [1.165, 1.54) is 0 Å². The van der Waals surface area contributed by atoms with E-state index in [1.54, 1.807) is 24.3 Å². The number of hydrogen-bond donors (Lipinski definition) is 2. The second-order valence-corrected chi connectivity index (χ2v) is 11.4. The molecule has 2 N–H and O–H groups in total. The van der Waals surface area contributed by atoms with Gasteiger partial charge in [-0.25, -0.2) is 13.2 Å². The van der Waals surface area contributed by atoms with Crippen LogP contribution in [0.25, 0.3) is 0 Å². The zero-order chi connectivity index (χ0) is 27.0. The molecule has 1 unspecified atom stereocenters. The average Bonchev–Trinajstić information content (AvgIpc) is 3.70. The van der Waals surface area contributed by atoms with Crippen molar-refractivity contribution in [1.82, 2.24) is 0 Å². The first-order chi connectivity index (χ1) is 18.2. The fourth-order valence-corrected chi connectivity index (χ4v) is 6.10. The summed E-state index contributed by atoms with van der Waals surface area (Å²) in [5.41, 5.74) is 0.000538. The number of carbonyl (C=O) groups is 1. The molecule has 3 aromatic rings. The molecular weight excluding hydrogens is 512 g/mol. The highest BCUT2D eigenvalue weighted by molar-refractivity contribution is 7.92. The summed E-state index contributed by atoms with van der Waals surface area (Å²) in [5.74, 6) is -0.927. The Morgan fingerprint density at radius 1 is 1.03 bits per heavy atom. The van der Waals surface area contributed by atoms with Gasteiger partial charge in [0.05, 0.1) is 20.9 Å². The summed E-state index contributed by atoms with van der Waals surface area (Å²) >= 11 is 0. The molecule has 1 aromatic heterocycles. The number of carbonyl (C=O) groups excluding carboxylic acids is 1. The van der Waals surface area contributed by atoms with Crippen LogP contribution in [-0.2, 0) is 16.4 Å². The van der Waals surface area contributed by atoms with Crippen LogP contribution in [-0.4, -0.2) is 24.2 Å². The predicted octanol–water partition coefficient (Wildman–Crippen LogP) is 4.90. The van der Waals surface area contributed by atoms with Gasteiger partial charge in [-0.2, -0.15) is 0 Å². The molecule has 1 fully saturated rings. The van der Waals surface area contributed by atoms with Gasteiger partial charge in [-0.15, -0.1) is 0 Å². The highest BCUT2D eigenvalue weighted by atomic mass is 32.2. The van der Waals surface area contributed by atoms with Crippen molar-refractivity contribution >= 4 is 27.2 Å². The molecule has 5 rings (SSSR count). The highest BCUT2D eigenvalue weighted by Crippen LogP contribution is 2.49. The summed E-state index contributed by atoms with van der Waals surface area (Å²) in [6, 6.07) is 11.0. The van der Waals surface area contributed by atoms with Crippen molar-refractivity contribution in [2.24, 2.45) is 5.92 Å². The number of benzene rings is 2. The lowest BCUT2D eigenvalue weighted by atomic mass is 9.85. The van der Waals surface area contributed by atoms with Crippen LogP contribution in [0.15, 0.2) is 62.6 Å². The van der Waals surface area contributed by atoms with Crippen LogP contribution in [0, 0.1) is 16.0 Å². The molecular formula is C27H26N2O8S. The Bertz CT molecular complexity index is 1570. The number of aromatic hydroxyl groups is 1. The van der Waals surface area contributed by atoms with E-state index in [0.717, 1.165) is 49.9 Å². The molecule has 0 amide bonds. The lowest BCUT2D eigenvalue weighted by molar-refractivity contribution is -0.384. The summed E-state index contributed by atoms with van der Waals surface area (Å²) < 4.78 is 33.9. The molecule has 38 heavy (non-hydrogen) atoms. The Morgan fingerprint density at radius 2 is 1.74 bits per heavy atom. The number of non-ortho nitro benzene ring substituents is 1. The maximum Gasteiger partial charge on any atom is 0.343 e. The zero-order valence-corrected chi connectivity index (χ0v) is 21.2. The van der Waals surface area contributed by atoms with Crippen LogP contribution >= 0.6 is 0 Å². The molecule has 1 atom stereocenters. The van der Waals surface area contributed by atoms with E-state index >= 15 is 0 Å². The molecule has 0 spiro atoms. The van der Waals surface area contributed by atoms with Gasteiger partial charge in [-0.05, 0) is 61.4 Å². The molecule has 198 valence electrons. The number of aryl methyl sites for hydroxylation is 1. The van der Waals surface area contributed by atoms with Gasteiger partial charge in [0.15, 0.2) is 5.78 Å². The van der Waals surface area contributed by atoms with Gasteiger partial charge >= 0.3 is 5.63 Å². The first-order valence-corrected chi connectivity index (χ1v) is 13.9. The van der Waals surface area contributed by atoms with Crippen LogP contribution in [0.2, 0.25) is 0 Å². The minimum absolute atomic E-state index is 0.0204. The number of ketones is 1. The summed E-state index contributed by atoms with van der Waals surface area (Å²) in [6.45, 7) is 0. The number of hydrogen-bond acceptors (Lipinski definition) is 8. The first kappa shape index (κ1) is 25.7. The van der Waals surface area contributed by atoms with E-state index in [0.29, 0.717) is 18.4 Å². The Kier molecular flexibility index (Phi) is 6.78. The van der Waals surface area contributed by atoms with Crippen molar-refractivity contribution in [3.05, 3.63) is 91.5 Å². The van der Waals surface area contributed by atoms with E-state index < -0.39 is 26.5 Å². The number of nitro benzene ring substituents is 1. The number of nitrogens with zero attached hydrogens (tertiary/aromatic N) is 1. The van der Waals surface area contributed by atoms with Crippen molar-refractivity contribution in [3.63, 3.8) is 0 Å². The third-order valence-corrected chi connectivity index (χ3v) is 8.45. The number of nitrogens with one attached hydrogen (secondary N) is 1. The molecule has 1 saturated carbocycles. The van der Waals surface area contributed by atoms with Crippen molar-refractivity contribution in [3.8, 4) is 5.75 Å². The molecule has 2 aliphatic rings. The zero-order valence-electron chi connectivity index (χ0n) is 20.4. The normalized spacial score (nSPS) is 16.7. The van der Waals surface area contributed by atoms with E-state index in [4.69, 9.17) is 4.42 Å². The number of sulfonamides is 1. The Labute approximate surface area is 218 Å².